The second-order valence-corrected chi connectivity index (χ2v) is 4.77. The highest BCUT2D eigenvalue weighted by Crippen LogP contribution is 2.25. The topological polar surface area (TPSA) is 36.3 Å². The molecule has 1 aliphatic heterocycles. The van der Waals surface area contributed by atoms with E-state index in [-0.39, 0.29) is 17.4 Å². The molecular weight excluding hydrogens is 250 g/mol. The minimum atomic E-state index is -0.713. The lowest BCUT2D eigenvalue weighted by atomic mass is 10.1. The average molecular weight is 266 g/mol. The molecule has 3 nitrogen and oxygen atoms in total. The molecule has 1 fully saturated rings. The van der Waals surface area contributed by atoms with Crippen LogP contribution >= 0.6 is 0 Å². The highest BCUT2D eigenvalue weighted by Gasteiger charge is 2.20. The number of likely N-dealkylation sites (N-methyl/N-ethyl adjacent to an activating group) is 1. The van der Waals surface area contributed by atoms with Gasteiger partial charge in [0.1, 0.15) is 5.69 Å². The maximum absolute atomic E-state index is 13.8. The Labute approximate surface area is 111 Å². The molecule has 1 saturated heterocycles. The fourth-order valence-electron chi connectivity index (χ4n) is 2.34. The molecule has 2 rings (SSSR count). The molecule has 0 N–H and O–H groups in total. The Morgan fingerprint density at radius 1 is 1.37 bits per heavy atom. The summed E-state index contributed by atoms with van der Waals surface area (Å²) in [5, 5.41) is 8.66. The van der Waals surface area contributed by atoms with E-state index in [0.717, 1.165) is 31.4 Å². The number of rotatable bonds is 3. The van der Waals surface area contributed by atoms with Crippen molar-refractivity contribution < 1.29 is 13.5 Å². The van der Waals surface area contributed by atoms with E-state index in [1.165, 1.54) is 4.90 Å². The fraction of sp³-hybridized carbons (Fsp3) is 0.500. The van der Waals surface area contributed by atoms with E-state index in [0.29, 0.717) is 13.2 Å². The molecule has 0 amide bonds. The lowest BCUT2D eigenvalue weighted by Gasteiger charge is -2.29. The third-order valence-electron chi connectivity index (χ3n) is 3.28. The van der Waals surface area contributed by atoms with Gasteiger partial charge in [0.2, 0.25) is 0 Å². The van der Waals surface area contributed by atoms with Crippen molar-refractivity contribution in [1.82, 2.24) is 0 Å². The average Bonchev–Trinajstić information content (AvgIpc) is 2.38. The van der Waals surface area contributed by atoms with Crippen molar-refractivity contribution >= 4 is 5.69 Å². The summed E-state index contributed by atoms with van der Waals surface area (Å²) in [6.07, 6.45) is 3.04. The van der Waals surface area contributed by atoms with Crippen LogP contribution in [0.25, 0.3) is 0 Å². The van der Waals surface area contributed by atoms with Crippen LogP contribution in [0.1, 0.15) is 24.8 Å². The molecule has 0 bridgehead atoms. The van der Waals surface area contributed by atoms with Gasteiger partial charge in [-0.2, -0.15) is 5.26 Å². The van der Waals surface area contributed by atoms with Gasteiger partial charge in [-0.3, -0.25) is 0 Å². The molecule has 0 spiro atoms. The first-order valence-electron chi connectivity index (χ1n) is 6.33. The normalized spacial score (nSPS) is 18.9. The van der Waals surface area contributed by atoms with Crippen LogP contribution in [0, 0.1) is 23.0 Å². The number of benzene rings is 1. The Kier molecular flexibility index (Phi) is 4.33. The van der Waals surface area contributed by atoms with Crippen molar-refractivity contribution in [2.75, 3.05) is 25.1 Å². The van der Waals surface area contributed by atoms with Crippen LogP contribution in [0.5, 0.6) is 0 Å². The van der Waals surface area contributed by atoms with Crippen LogP contribution in [0.15, 0.2) is 12.1 Å². The molecule has 1 aromatic carbocycles. The highest BCUT2D eigenvalue weighted by atomic mass is 19.1. The third-order valence-corrected chi connectivity index (χ3v) is 3.28. The van der Waals surface area contributed by atoms with Crippen LogP contribution < -0.4 is 4.90 Å². The van der Waals surface area contributed by atoms with E-state index >= 15 is 0 Å². The molecule has 0 saturated carbocycles. The zero-order chi connectivity index (χ0) is 13.8. The largest absolute Gasteiger partial charge is 0.376 e. The molecule has 1 aromatic rings. The van der Waals surface area contributed by atoms with Gasteiger partial charge in [-0.05, 0) is 31.4 Å². The van der Waals surface area contributed by atoms with Crippen molar-refractivity contribution in [3.63, 3.8) is 0 Å². The van der Waals surface area contributed by atoms with E-state index in [2.05, 4.69) is 0 Å². The van der Waals surface area contributed by atoms with Crippen molar-refractivity contribution in [2.24, 2.45) is 0 Å². The van der Waals surface area contributed by atoms with E-state index in [9.17, 15) is 8.78 Å². The minimum Gasteiger partial charge on any atom is -0.376 e. The monoisotopic (exact) mass is 266 g/mol. The Morgan fingerprint density at radius 2 is 2.05 bits per heavy atom. The lowest BCUT2D eigenvalue weighted by molar-refractivity contribution is 0.0215. The second-order valence-electron chi connectivity index (χ2n) is 4.77. The number of ether oxygens (including phenoxy) is 1. The van der Waals surface area contributed by atoms with Crippen molar-refractivity contribution in [3.05, 3.63) is 29.3 Å². The van der Waals surface area contributed by atoms with Crippen molar-refractivity contribution in [3.8, 4) is 6.07 Å². The Morgan fingerprint density at radius 3 is 2.58 bits per heavy atom. The Hall–Kier alpha value is -1.67. The van der Waals surface area contributed by atoms with Crippen LogP contribution in [-0.2, 0) is 4.74 Å². The van der Waals surface area contributed by atoms with Crippen molar-refractivity contribution in [1.29, 1.82) is 5.26 Å². The van der Waals surface area contributed by atoms with Gasteiger partial charge in [0.05, 0.1) is 17.7 Å². The molecule has 0 aromatic heterocycles. The molecule has 0 aliphatic carbocycles. The van der Waals surface area contributed by atoms with Gasteiger partial charge in [0, 0.05) is 20.2 Å². The summed E-state index contributed by atoms with van der Waals surface area (Å²) in [5.74, 6) is -1.43. The predicted molar refractivity (Wildman–Crippen MR) is 67.9 cm³/mol. The van der Waals surface area contributed by atoms with Gasteiger partial charge in [-0.15, -0.1) is 0 Å². The summed E-state index contributed by atoms with van der Waals surface area (Å²) < 4.78 is 33.2. The van der Waals surface area contributed by atoms with Gasteiger partial charge in [0.25, 0.3) is 0 Å². The summed E-state index contributed by atoms with van der Waals surface area (Å²) >= 11 is 0. The van der Waals surface area contributed by atoms with Gasteiger partial charge in [-0.1, -0.05) is 0 Å². The first-order valence-corrected chi connectivity index (χ1v) is 6.33. The SMILES string of the molecule is CN(CC1CCCCO1)c1c(F)cc(C#N)cc1F. The van der Waals surface area contributed by atoms with E-state index in [4.69, 9.17) is 10.00 Å². The zero-order valence-electron chi connectivity index (χ0n) is 10.8. The van der Waals surface area contributed by atoms with Gasteiger partial charge in [-0.25, -0.2) is 8.78 Å². The summed E-state index contributed by atoms with van der Waals surface area (Å²) in [4.78, 5) is 1.52. The Bertz CT molecular complexity index is 470. The second kappa shape index (κ2) is 5.98. The zero-order valence-corrected chi connectivity index (χ0v) is 10.8. The number of nitriles is 1. The van der Waals surface area contributed by atoms with E-state index in [1.807, 2.05) is 0 Å². The number of halogens is 2. The Balaban J connectivity index is 2.14. The van der Waals surface area contributed by atoms with E-state index in [1.54, 1.807) is 13.1 Å². The fourth-order valence-corrected chi connectivity index (χ4v) is 2.34. The third kappa shape index (κ3) is 3.21. The molecule has 1 heterocycles. The molecule has 1 aliphatic rings. The van der Waals surface area contributed by atoms with Crippen LogP contribution in [0.2, 0.25) is 0 Å². The molecule has 1 unspecified atom stereocenters. The molecular formula is C14H16F2N2O. The number of hydrogen-bond acceptors (Lipinski definition) is 3. The van der Waals surface area contributed by atoms with Crippen LogP contribution in [-0.4, -0.2) is 26.3 Å². The first kappa shape index (κ1) is 13.8. The highest BCUT2D eigenvalue weighted by molar-refractivity contribution is 5.52. The summed E-state index contributed by atoms with van der Waals surface area (Å²) in [6.45, 7) is 1.15. The summed E-state index contributed by atoms with van der Waals surface area (Å²) in [5.41, 5.74) is -0.116. The van der Waals surface area contributed by atoms with Crippen molar-refractivity contribution in [2.45, 2.75) is 25.4 Å². The number of hydrogen-bond donors (Lipinski definition) is 0. The maximum Gasteiger partial charge on any atom is 0.150 e. The number of anilines is 1. The minimum absolute atomic E-state index is 0.00759. The van der Waals surface area contributed by atoms with Gasteiger partial charge >= 0.3 is 0 Å². The quantitative estimate of drug-likeness (QED) is 0.844. The first-order chi connectivity index (χ1) is 9.11. The van der Waals surface area contributed by atoms with Gasteiger partial charge < -0.3 is 9.64 Å². The lowest BCUT2D eigenvalue weighted by Crippen LogP contribution is -2.34. The molecule has 19 heavy (non-hydrogen) atoms. The van der Waals surface area contributed by atoms with Gasteiger partial charge in [0.15, 0.2) is 11.6 Å². The maximum atomic E-state index is 13.8. The van der Waals surface area contributed by atoms with E-state index < -0.39 is 11.6 Å². The standard InChI is InChI=1S/C14H16F2N2O/c1-18(9-11-4-2-3-5-19-11)14-12(15)6-10(8-17)7-13(14)16/h6-7,11H,2-5,9H2,1H3. The smallest absolute Gasteiger partial charge is 0.150 e. The molecule has 5 heteroatoms. The molecule has 102 valence electrons. The van der Waals surface area contributed by atoms with Crippen LogP contribution in [0.4, 0.5) is 14.5 Å². The summed E-state index contributed by atoms with van der Waals surface area (Å²) in [7, 11) is 1.63. The number of nitrogens with zero attached hydrogens (tertiary/aromatic N) is 2. The summed E-state index contributed by atoms with van der Waals surface area (Å²) in [6, 6.07) is 3.84. The predicted octanol–water partition coefficient (Wildman–Crippen LogP) is 2.84. The molecule has 0 radical (unpaired) electrons. The van der Waals surface area contributed by atoms with Crippen LogP contribution in [0.3, 0.4) is 0 Å². The molecule has 1 atom stereocenters.